The predicted octanol–water partition coefficient (Wildman–Crippen LogP) is 3.08. The van der Waals surface area contributed by atoms with Gasteiger partial charge in [-0.1, -0.05) is 35.9 Å². The molecule has 0 unspecified atom stereocenters. The Morgan fingerprint density at radius 2 is 1.89 bits per heavy atom. The fourth-order valence-electron chi connectivity index (χ4n) is 1.71. The summed E-state index contributed by atoms with van der Waals surface area (Å²) in [4.78, 5) is 3.98. The molecule has 0 radical (unpaired) electrons. The summed E-state index contributed by atoms with van der Waals surface area (Å²) in [6.45, 7) is 1.51. The Hall–Kier alpha value is -1.58. The average Bonchev–Trinajstić information content (AvgIpc) is 2.44. The second kappa shape index (κ2) is 7.12. The summed E-state index contributed by atoms with van der Waals surface area (Å²) in [5, 5.41) is 3.72. The van der Waals surface area contributed by atoms with Crippen LogP contribution in [-0.2, 0) is 13.0 Å². The molecule has 3 nitrogen and oxygen atoms in total. The third-order valence-electron chi connectivity index (χ3n) is 2.77. The van der Waals surface area contributed by atoms with Gasteiger partial charge in [0, 0.05) is 12.3 Å². The molecule has 0 aliphatic heterocycles. The van der Waals surface area contributed by atoms with Crippen LogP contribution in [0.5, 0.6) is 5.75 Å². The second-order valence-electron chi connectivity index (χ2n) is 4.30. The normalized spacial score (nSPS) is 10.4. The number of halogens is 1. The maximum absolute atomic E-state index is 5.85. The number of likely N-dealkylation sites (N-methyl/N-ethyl adjacent to an activating group) is 1. The Bertz CT molecular complexity index is 514. The lowest BCUT2D eigenvalue weighted by molar-refractivity contribution is 0.305. The largest absolute Gasteiger partial charge is 0.487 e. The minimum absolute atomic E-state index is 0.522. The molecule has 0 fully saturated rings. The minimum Gasteiger partial charge on any atom is -0.487 e. The van der Waals surface area contributed by atoms with Gasteiger partial charge in [0.15, 0.2) is 0 Å². The van der Waals surface area contributed by atoms with E-state index in [-0.39, 0.29) is 0 Å². The van der Waals surface area contributed by atoms with Crippen LogP contribution in [0.2, 0.25) is 5.02 Å². The maximum Gasteiger partial charge on any atom is 0.139 e. The zero-order valence-electron chi connectivity index (χ0n) is 10.9. The molecule has 2 aromatic rings. The van der Waals surface area contributed by atoms with Crippen LogP contribution < -0.4 is 10.1 Å². The van der Waals surface area contributed by atoms with Crippen LogP contribution in [0.1, 0.15) is 11.1 Å². The lowest BCUT2D eigenvalue weighted by Gasteiger charge is -2.07. The van der Waals surface area contributed by atoms with E-state index in [1.807, 2.05) is 7.05 Å². The molecular formula is C15H17ClN2O. The van der Waals surface area contributed by atoms with Crippen LogP contribution in [0.4, 0.5) is 0 Å². The summed E-state index contributed by atoms with van der Waals surface area (Å²) < 4.78 is 5.63. The molecule has 0 saturated heterocycles. The number of hydrogen-bond donors (Lipinski definition) is 1. The number of ether oxygens (including phenoxy) is 1. The summed E-state index contributed by atoms with van der Waals surface area (Å²) in [5.74, 6) is 0.687. The lowest BCUT2D eigenvalue weighted by Crippen LogP contribution is -2.10. The van der Waals surface area contributed by atoms with Gasteiger partial charge in [-0.15, -0.1) is 0 Å². The van der Waals surface area contributed by atoms with Gasteiger partial charge in [-0.05, 0) is 31.1 Å². The number of pyridine rings is 1. The molecule has 0 aliphatic carbocycles. The van der Waals surface area contributed by atoms with Gasteiger partial charge in [-0.3, -0.25) is 4.98 Å². The van der Waals surface area contributed by atoms with Crippen LogP contribution in [0.25, 0.3) is 0 Å². The van der Waals surface area contributed by atoms with Crippen molar-refractivity contribution in [1.82, 2.24) is 10.3 Å². The fourth-order valence-corrected chi connectivity index (χ4v) is 1.87. The van der Waals surface area contributed by atoms with Gasteiger partial charge >= 0.3 is 0 Å². The van der Waals surface area contributed by atoms with Crippen LogP contribution in [0.15, 0.2) is 42.7 Å². The van der Waals surface area contributed by atoms with Crippen LogP contribution in [0, 0.1) is 0 Å². The monoisotopic (exact) mass is 276 g/mol. The number of rotatable bonds is 6. The standard InChI is InChI=1S/C15H17ClN2O/c1-17-7-6-12-2-4-13(5-3-12)11-19-15-8-14(16)9-18-10-15/h2-5,8-10,17H,6-7,11H2,1H3. The topological polar surface area (TPSA) is 34.1 Å². The summed E-state index contributed by atoms with van der Waals surface area (Å²) in [5.41, 5.74) is 2.45. The van der Waals surface area contributed by atoms with E-state index in [1.54, 1.807) is 18.5 Å². The van der Waals surface area contributed by atoms with E-state index >= 15 is 0 Å². The molecule has 0 atom stereocenters. The van der Waals surface area contributed by atoms with Crippen molar-refractivity contribution in [2.24, 2.45) is 0 Å². The molecule has 0 aliphatic rings. The number of hydrogen-bond acceptors (Lipinski definition) is 3. The molecule has 1 N–H and O–H groups in total. The van der Waals surface area contributed by atoms with Crippen molar-refractivity contribution in [1.29, 1.82) is 0 Å². The number of benzene rings is 1. The van der Waals surface area contributed by atoms with Gasteiger partial charge in [-0.2, -0.15) is 0 Å². The molecule has 19 heavy (non-hydrogen) atoms. The number of nitrogens with one attached hydrogen (secondary N) is 1. The zero-order chi connectivity index (χ0) is 13.5. The highest BCUT2D eigenvalue weighted by Gasteiger charge is 1.98. The first-order valence-electron chi connectivity index (χ1n) is 6.23. The molecule has 0 amide bonds. The van der Waals surface area contributed by atoms with E-state index in [9.17, 15) is 0 Å². The molecule has 0 saturated carbocycles. The average molecular weight is 277 g/mol. The zero-order valence-corrected chi connectivity index (χ0v) is 11.7. The quantitative estimate of drug-likeness (QED) is 0.880. The van der Waals surface area contributed by atoms with Crippen molar-refractivity contribution in [3.63, 3.8) is 0 Å². The first-order valence-corrected chi connectivity index (χ1v) is 6.61. The predicted molar refractivity (Wildman–Crippen MR) is 77.7 cm³/mol. The van der Waals surface area contributed by atoms with Crippen molar-refractivity contribution >= 4 is 11.6 Å². The van der Waals surface area contributed by atoms with Gasteiger partial charge in [0.05, 0.1) is 11.2 Å². The van der Waals surface area contributed by atoms with Gasteiger partial charge in [0.1, 0.15) is 12.4 Å². The van der Waals surface area contributed by atoms with Crippen molar-refractivity contribution in [2.75, 3.05) is 13.6 Å². The Balaban J connectivity index is 1.89. The maximum atomic E-state index is 5.85. The highest BCUT2D eigenvalue weighted by atomic mass is 35.5. The van der Waals surface area contributed by atoms with E-state index < -0.39 is 0 Å². The molecule has 100 valence electrons. The number of aromatic nitrogens is 1. The van der Waals surface area contributed by atoms with Crippen LogP contribution in [0.3, 0.4) is 0 Å². The summed E-state index contributed by atoms with van der Waals surface area (Å²) >= 11 is 5.85. The molecule has 4 heteroatoms. The Kier molecular flexibility index (Phi) is 5.19. The first kappa shape index (κ1) is 13.8. The molecule has 2 rings (SSSR count). The van der Waals surface area contributed by atoms with Crippen LogP contribution in [-0.4, -0.2) is 18.6 Å². The Morgan fingerprint density at radius 1 is 1.16 bits per heavy atom. The SMILES string of the molecule is CNCCc1ccc(COc2cncc(Cl)c2)cc1. The lowest BCUT2D eigenvalue weighted by atomic mass is 10.1. The fraction of sp³-hybridized carbons (Fsp3) is 0.267. The molecule has 1 heterocycles. The third kappa shape index (κ3) is 4.54. The summed E-state index contributed by atoms with van der Waals surface area (Å²) in [6.07, 6.45) is 4.29. The second-order valence-corrected chi connectivity index (χ2v) is 4.73. The van der Waals surface area contributed by atoms with E-state index in [0.29, 0.717) is 17.4 Å². The van der Waals surface area contributed by atoms with Gasteiger partial charge in [0.25, 0.3) is 0 Å². The highest BCUT2D eigenvalue weighted by Crippen LogP contribution is 2.16. The van der Waals surface area contributed by atoms with Crippen molar-refractivity contribution in [3.8, 4) is 5.75 Å². The molecular weight excluding hydrogens is 260 g/mol. The van der Waals surface area contributed by atoms with Gasteiger partial charge in [-0.25, -0.2) is 0 Å². The van der Waals surface area contributed by atoms with E-state index in [1.165, 1.54) is 5.56 Å². The molecule has 1 aromatic heterocycles. The molecule has 0 bridgehead atoms. The van der Waals surface area contributed by atoms with Crippen molar-refractivity contribution in [3.05, 3.63) is 58.9 Å². The smallest absolute Gasteiger partial charge is 0.139 e. The molecule has 0 spiro atoms. The van der Waals surface area contributed by atoms with Gasteiger partial charge < -0.3 is 10.1 Å². The van der Waals surface area contributed by atoms with Crippen molar-refractivity contribution in [2.45, 2.75) is 13.0 Å². The highest BCUT2D eigenvalue weighted by molar-refractivity contribution is 6.30. The summed E-state index contributed by atoms with van der Waals surface area (Å²) in [6, 6.07) is 10.2. The van der Waals surface area contributed by atoms with E-state index in [4.69, 9.17) is 16.3 Å². The first-order chi connectivity index (χ1) is 9.28. The van der Waals surface area contributed by atoms with E-state index in [2.05, 4.69) is 34.6 Å². The van der Waals surface area contributed by atoms with Crippen LogP contribution >= 0.6 is 11.6 Å². The third-order valence-corrected chi connectivity index (χ3v) is 2.98. The van der Waals surface area contributed by atoms with Crippen molar-refractivity contribution < 1.29 is 4.74 Å². The molecule has 1 aromatic carbocycles. The number of nitrogens with zero attached hydrogens (tertiary/aromatic N) is 1. The summed E-state index contributed by atoms with van der Waals surface area (Å²) in [7, 11) is 1.96. The Morgan fingerprint density at radius 3 is 2.58 bits per heavy atom. The van der Waals surface area contributed by atoms with E-state index in [0.717, 1.165) is 18.5 Å². The Labute approximate surface area is 118 Å². The minimum atomic E-state index is 0.522. The van der Waals surface area contributed by atoms with Gasteiger partial charge in [0.2, 0.25) is 0 Å².